The zero-order valence-electron chi connectivity index (χ0n) is 18.3. The molecule has 2 fully saturated rings. The van der Waals surface area contributed by atoms with Crippen LogP contribution < -0.4 is 0 Å². The Balaban J connectivity index is 1.58. The molecule has 1 saturated carbocycles. The first-order valence-corrected chi connectivity index (χ1v) is 12.4. The van der Waals surface area contributed by atoms with Gasteiger partial charge in [0.05, 0.1) is 12.0 Å². The van der Waals surface area contributed by atoms with Crippen LogP contribution in [0.1, 0.15) is 36.6 Å². The van der Waals surface area contributed by atoms with Gasteiger partial charge in [-0.2, -0.15) is 13.2 Å². The Bertz CT molecular complexity index is 1280. The van der Waals surface area contributed by atoms with E-state index in [0.29, 0.717) is 5.69 Å². The number of urea groups is 1. The van der Waals surface area contributed by atoms with E-state index in [1.54, 1.807) is 0 Å². The van der Waals surface area contributed by atoms with Crippen molar-refractivity contribution in [3.05, 3.63) is 35.5 Å². The molecule has 0 bridgehead atoms. The first kappa shape index (κ1) is 23.9. The number of amides is 3. The lowest BCUT2D eigenvalue weighted by Crippen LogP contribution is -2.33. The number of rotatable bonds is 7. The maximum absolute atomic E-state index is 13.3. The predicted octanol–water partition coefficient (Wildman–Crippen LogP) is 2.36. The number of sulfone groups is 1. The third-order valence-electron chi connectivity index (χ3n) is 5.39. The summed E-state index contributed by atoms with van der Waals surface area (Å²) >= 11 is 0. The molecule has 1 saturated heterocycles. The van der Waals surface area contributed by atoms with E-state index < -0.39 is 33.6 Å². The molecule has 34 heavy (non-hydrogen) atoms. The van der Waals surface area contributed by atoms with Crippen molar-refractivity contribution in [2.75, 3.05) is 25.6 Å². The number of alkyl halides is 3. The highest BCUT2D eigenvalue weighted by Crippen LogP contribution is 2.41. The van der Waals surface area contributed by atoms with E-state index in [1.165, 1.54) is 25.6 Å². The minimum Gasteiger partial charge on any atom is -0.291 e. The molecule has 14 heteroatoms. The molecule has 0 radical (unpaired) electrons. The number of aromatic nitrogens is 4. The number of likely N-dealkylation sites (N-methyl/N-ethyl adjacent to an activating group) is 1. The fraction of sp³-hybridized carbons (Fsp3) is 0.450. The van der Waals surface area contributed by atoms with Crippen LogP contribution in [-0.2, 0) is 20.8 Å². The van der Waals surface area contributed by atoms with Crippen molar-refractivity contribution in [1.82, 2.24) is 29.5 Å². The van der Waals surface area contributed by atoms with Crippen molar-refractivity contribution < 1.29 is 31.2 Å². The van der Waals surface area contributed by atoms with E-state index in [9.17, 15) is 31.2 Å². The summed E-state index contributed by atoms with van der Waals surface area (Å²) in [7, 11) is -1.87. The van der Waals surface area contributed by atoms with Gasteiger partial charge in [0.1, 0.15) is 27.6 Å². The molecule has 1 aliphatic heterocycles. The van der Waals surface area contributed by atoms with Crippen LogP contribution in [0, 0.1) is 0 Å². The Morgan fingerprint density at radius 2 is 1.91 bits per heavy atom. The lowest BCUT2D eigenvalue weighted by atomic mass is 10.1. The summed E-state index contributed by atoms with van der Waals surface area (Å²) in [4.78, 5) is 34.9. The van der Waals surface area contributed by atoms with Gasteiger partial charge in [-0.1, -0.05) is 0 Å². The lowest BCUT2D eigenvalue weighted by Gasteiger charge is -2.12. The number of nitrogens with zero attached hydrogens (tertiary/aromatic N) is 6. The average molecular weight is 498 g/mol. The van der Waals surface area contributed by atoms with Crippen molar-refractivity contribution in [1.29, 1.82) is 0 Å². The van der Waals surface area contributed by atoms with Crippen LogP contribution in [0.25, 0.3) is 17.6 Å². The fourth-order valence-electron chi connectivity index (χ4n) is 3.49. The molecule has 0 N–H and O–H groups in total. The van der Waals surface area contributed by atoms with Gasteiger partial charge in [0.25, 0.3) is 5.91 Å². The van der Waals surface area contributed by atoms with Gasteiger partial charge in [0, 0.05) is 37.0 Å². The van der Waals surface area contributed by atoms with E-state index in [4.69, 9.17) is 0 Å². The van der Waals surface area contributed by atoms with E-state index in [-0.39, 0.29) is 41.7 Å². The molecule has 0 spiro atoms. The first-order chi connectivity index (χ1) is 15.8. The molecule has 4 rings (SSSR count). The van der Waals surface area contributed by atoms with Crippen molar-refractivity contribution in [3.8, 4) is 11.4 Å². The molecule has 2 aliphatic rings. The van der Waals surface area contributed by atoms with Crippen LogP contribution in [0.4, 0.5) is 18.0 Å². The molecule has 2 aromatic rings. The maximum atomic E-state index is 13.3. The molecule has 0 unspecified atom stereocenters. The van der Waals surface area contributed by atoms with Crippen LogP contribution in [0.2, 0.25) is 0 Å². The standard InChI is InChI=1S/C20H21F3N6O4S/c1-27-15(18(30)29(19(27)31)6-3-7-34(2,32)33)10-28-11-24-17(26-28)13-8-14(12-4-5-12)25-16(9-13)20(21,22)23/h8-12H,3-7H2,1-2H3. The van der Waals surface area contributed by atoms with E-state index in [2.05, 4.69) is 15.1 Å². The summed E-state index contributed by atoms with van der Waals surface area (Å²) in [5.74, 6) is -0.823. The molecule has 182 valence electrons. The Morgan fingerprint density at radius 1 is 1.21 bits per heavy atom. The number of pyridine rings is 1. The Kier molecular flexibility index (Phi) is 5.96. The van der Waals surface area contributed by atoms with E-state index in [0.717, 1.165) is 39.6 Å². The van der Waals surface area contributed by atoms with Crippen LogP contribution in [0.5, 0.6) is 0 Å². The van der Waals surface area contributed by atoms with Crippen LogP contribution in [0.15, 0.2) is 24.2 Å². The summed E-state index contributed by atoms with van der Waals surface area (Å²) < 4.78 is 63.7. The highest BCUT2D eigenvalue weighted by Gasteiger charge is 2.39. The zero-order chi connectivity index (χ0) is 24.8. The fourth-order valence-corrected chi connectivity index (χ4v) is 4.14. The lowest BCUT2D eigenvalue weighted by molar-refractivity contribution is -0.141. The van der Waals surface area contributed by atoms with E-state index >= 15 is 0 Å². The SMILES string of the molecule is CN1C(=O)N(CCCS(C)(=O)=O)C(=O)C1=Cn1cnc(-c2cc(C3CC3)nc(C(F)(F)F)c2)n1. The van der Waals surface area contributed by atoms with Crippen LogP contribution in [0.3, 0.4) is 0 Å². The number of imide groups is 1. The van der Waals surface area contributed by atoms with Gasteiger partial charge in [-0.15, -0.1) is 5.10 Å². The molecule has 0 atom stereocenters. The molecule has 0 aromatic carbocycles. The second kappa shape index (κ2) is 8.49. The summed E-state index contributed by atoms with van der Waals surface area (Å²) in [5.41, 5.74) is -0.584. The number of carbonyl (C=O) groups excluding carboxylic acids is 2. The van der Waals surface area contributed by atoms with Gasteiger partial charge in [-0.3, -0.25) is 14.6 Å². The zero-order valence-corrected chi connectivity index (χ0v) is 19.1. The first-order valence-electron chi connectivity index (χ1n) is 10.3. The minimum absolute atomic E-state index is 0.0103. The maximum Gasteiger partial charge on any atom is 0.433 e. The van der Waals surface area contributed by atoms with E-state index in [1.807, 2.05) is 0 Å². The van der Waals surface area contributed by atoms with Gasteiger partial charge in [0.2, 0.25) is 0 Å². The van der Waals surface area contributed by atoms with Crippen molar-refractivity contribution in [2.45, 2.75) is 31.4 Å². The monoisotopic (exact) mass is 498 g/mol. The summed E-state index contributed by atoms with van der Waals surface area (Å²) in [5, 5.41) is 4.15. The van der Waals surface area contributed by atoms with Gasteiger partial charge in [-0.25, -0.2) is 27.9 Å². The van der Waals surface area contributed by atoms with Gasteiger partial charge >= 0.3 is 12.2 Å². The number of halogens is 3. The van der Waals surface area contributed by atoms with Gasteiger partial charge in [-0.05, 0) is 31.4 Å². The molecular formula is C20H21F3N6O4S. The Labute approximate surface area is 193 Å². The van der Waals surface area contributed by atoms with Crippen molar-refractivity contribution >= 4 is 28.0 Å². The number of carbonyl (C=O) groups is 2. The Morgan fingerprint density at radius 3 is 2.53 bits per heavy atom. The second-order valence-electron chi connectivity index (χ2n) is 8.28. The summed E-state index contributed by atoms with van der Waals surface area (Å²) in [6, 6.07) is 1.78. The van der Waals surface area contributed by atoms with Crippen LogP contribution >= 0.6 is 0 Å². The third-order valence-corrected chi connectivity index (χ3v) is 6.42. The van der Waals surface area contributed by atoms with Gasteiger partial charge < -0.3 is 0 Å². The highest BCUT2D eigenvalue weighted by molar-refractivity contribution is 7.90. The highest BCUT2D eigenvalue weighted by atomic mass is 32.2. The average Bonchev–Trinajstić information content (AvgIpc) is 3.46. The topological polar surface area (TPSA) is 118 Å². The van der Waals surface area contributed by atoms with Crippen LogP contribution in [-0.4, -0.2) is 75.5 Å². The molecule has 3 amide bonds. The summed E-state index contributed by atoms with van der Waals surface area (Å²) in [6.07, 6.45) is 0.526. The second-order valence-corrected chi connectivity index (χ2v) is 10.5. The molecular weight excluding hydrogens is 477 g/mol. The molecule has 3 heterocycles. The number of hydrogen-bond acceptors (Lipinski definition) is 7. The Hall–Kier alpha value is -3.29. The summed E-state index contributed by atoms with van der Waals surface area (Å²) in [6.45, 7) is -0.0732. The smallest absolute Gasteiger partial charge is 0.291 e. The normalized spacial score (nSPS) is 18.4. The van der Waals surface area contributed by atoms with Crippen molar-refractivity contribution in [3.63, 3.8) is 0 Å². The molecule has 2 aromatic heterocycles. The quantitative estimate of drug-likeness (QED) is 0.425. The third kappa shape index (κ3) is 5.11. The molecule has 10 nitrogen and oxygen atoms in total. The van der Waals surface area contributed by atoms with Gasteiger partial charge in [0.15, 0.2) is 5.82 Å². The minimum atomic E-state index is -4.62. The molecule has 1 aliphatic carbocycles. The predicted molar refractivity (Wildman–Crippen MR) is 114 cm³/mol. The number of hydrogen-bond donors (Lipinski definition) is 0. The van der Waals surface area contributed by atoms with Crippen molar-refractivity contribution in [2.24, 2.45) is 0 Å². The largest absolute Gasteiger partial charge is 0.433 e.